The maximum Gasteiger partial charge on any atom is 0.212 e. The number of thioether (sulfide) groups is 1. The van der Waals surface area contributed by atoms with Gasteiger partial charge in [0, 0.05) is 16.5 Å². The fourth-order valence-electron chi connectivity index (χ4n) is 1.82. The molecule has 1 aromatic carbocycles. The van der Waals surface area contributed by atoms with Crippen molar-refractivity contribution in [1.82, 2.24) is 9.78 Å². The summed E-state index contributed by atoms with van der Waals surface area (Å²) in [6, 6.07) is 7.79. The molecule has 1 aromatic heterocycles. The van der Waals surface area contributed by atoms with Crippen LogP contribution in [0.5, 0.6) is 0 Å². The zero-order valence-corrected chi connectivity index (χ0v) is 13.5. The van der Waals surface area contributed by atoms with Gasteiger partial charge in [-0.1, -0.05) is 0 Å². The summed E-state index contributed by atoms with van der Waals surface area (Å²) >= 11 is 5.06. The lowest BCUT2D eigenvalue weighted by Gasteiger charge is -2.10. The van der Waals surface area contributed by atoms with Crippen LogP contribution in [0.3, 0.4) is 0 Å². The number of ketones is 1. The van der Waals surface area contributed by atoms with E-state index in [1.54, 1.807) is 22.6 Å². The Hall–Kier alpha value is -1.07. The van der Waals surface area contributed by atoms with E-state index in [0.29, 0.717) is 11.3 Å². The first-order valence-corrected chi connectivity index (χ1v) is 7.98. The fourth-order valence-corrected chi connectivity index (χ4v) is 2.69. The standard InChI is InChI=1S/C14H15BrN2OS/c1-9(2)17-13(12(15)8-16-17)14(18)10-4-6-11(19-3)7-5-10/h4-9H,1-3H3. The van der Waals surface area contributed by atoms with Crippen molar-refractivity contribution in [2.24, 2.45) is 0 Å². The molecule has 1 heterocycles. The van der Waals surface area contributed by atoms with Crippen molar-refractivity contribution in [3.8, 4) is 0 Å². The van der Waals surface area contributed by atoms with Crippen molar-refractivity contribution >= 4 is 33.5 Å². The SMILES string of the molecule is CSc1ccc(C(=O)c2c(Br)cnn2C(C)C)cc1. The zero-order chi connectivity index (χ0) is 14.0. The monoisotopic (exact) mass is 338 g/mol. The van der Waals surface area contributed by atoms with E-state index in [4.69, 9.17) is 0 Å². The minimum atomic E-state index is -0.00859. The lowest BCUT2D eigenvalue weighted by Crippen LogP contribution is -2.13. The number of rotatable bonds is 4. The molecule has 0 amide bonds. The van der Waals surface area contributed by atoms with Crippen LogP contribution in [0, 0.1) is 0 Å². The van der Waals surface area contributed by atoms with Gasteiger partial charge in [-0.05, 0) is 60.3 Å². The van der Waals surface area contributed by atoms with Gasteiger partial charge in [0.15, 0.2) is 0 Å². The van der Waals surface area contributed by atoms with E-state index in [1.807, 2.05) is 44.4 Å². The number of halogens is 1. The second-order valence-electron chi connectivity index (χ2n) is 4.44. The Kier molecular flexibility index (Phi) is 4.47. The number of aromatic nitrogens is 2. The molecule has 0 unspecified atom stereocenters. The van der Waals surface area contributed by atoms with Crippen molar-refractivity contribution in [2.45, 2.75) is 24.8 Å². The van der Waals surface area contributed by atoms with Gasteiger partial charge in [0.25, 0.3) is 0 Å². The second-order valence-corrected chi connectivity index (χ2v) is 6.17. The van der Waals surface area contributed by atoms with E-state index >= 15 is 0 Å². The first-order valence-electron chi connectivity index (χ1n) is 5.96. The van der Waals surface area contributed by atoms with Gasteiger partial charge < -0.3 is 0 Å². The van der Waals surface area contributed by atoms with Gasteiger partial charge in [-0.2, -0.15) is 5.10 Å². The van der Waals surface area contributed by atoms with E-state index in [9.17, 15) is 4.79 Å². The molecule has 19 heavy (non-hydrogen) atoms. The van der Waals surface area contributed by atoms with Crippen LogP contribution in [0.1, 0.15) is 35.9 Å². The molecule has 100 valence electrons. The molecule has 0 atom stereocenters. The summed E-state index contributed by atoms with van der Waals surface area (Å²) in [7, 11) is 0. The quantitative estimate of drug-likeness (QED) is 0.619. The van der Waals surface area contributed by atoms with Crippen LogP contribution in [0.15, 0.2) is 39.8 Å². The molecule has 2 aromatic rings. The van der Waals surface area contributed by atoms with Crippen LogP contribution in [0.4, 0.5) is 0 Å². The summed E-state index contributed by atoms with van der Waals surface area (Å²) < 4.78 is 2.48. The largest absolute Gasteiger partial charge is 0.287 e. The van der Waals surface area contributed by atoms with Crippen LogP contribution >= 0.6 is 27.7 Å². The molecule has 5 heteroatoms. The highest BCUT2D eigenvalue weighted by Crippen LogP contribution is 2.23. The number of carbonyl (C=O) groups excluding carboxylic acids is 1. The molecular formula is C14H15BrN2OS. The number of hydrogen-bond acceptors (Lipinski definition) is 3. The topological polar surface area (TPSA) is 34.9 Å². The maximum atomic E-state index is 12.6. The third-order valence-electron chi connectivity index (χ3n) is 2.81. The van der Waals surface area contributed by atoms with Crippen LogP contribution in [0.25, 0.3) is 0 Å². The van der Waals surface area contributed by atoms with Crippen LogP contribution in [0.2, 0.25) is 0 Å². The smallest absolute Gasteiger partial charge is 0.212 e. The van der Waals surface area contributed by atoms with Crippen molar-refractivity contribution in [2.75, 3.05) is 6.26 Å². The molecule has 3 nitrogen and oxygen atoms in total. The second kappa shape index (κ2) is 5.92. The molecule has 0 saturated carbocycles. The molecule has 0 saturated heterocycles. The normalized spacial score (nSPS) is 11.0. The first-order chi connectivity index (χ1) is 9.04. The van der Waals surface area contributed by atoms with Crippen LogP contribution in [-0.4, -0.2) is 21.8 Å². The summed E-state index contributed by atoms with van der Waals surface area (Å²) in [4.78, 5) is 13.7. The Morgan fingerprint density at radius 3 is 2.47 bits per heavy atom. The molecule has 0 fully saturated rings. The summed E-state index contributed by atoms with van der Waals surface area (Å²) in [5, 5.41) is 4.24. The first kappa shape index (κ1) is 14.3. The molecule has 0 spiro atoms. The molecule has 0 bridgehead atoms. The van der Waals surface area contributed by atoms with Crippen molar-refractivity contribution < 1.29 is 4.79 Å². The minimum Gasteiger partial charge on any atom is -0.287 e. The van der Waals surface area contributed by atoms with Crippen molar-refractivity contribution in [3.05, 3.63) is 46.2 Å². The third-order valence-corrected chi connectivity index (χ3v) is 4.13. The summed E-state index contributed by atoms with van der Waals surface area (Å²) in [5.41, 5.74) is 1.29. The Labute approximate surface area is 125 Å². The summed E-state index contributed by atoms with van der Waals surface area (Å²) in [6.07, 6.45) is 3.69. The number of carbonyl (C=O) groups is 1. The van der Waals surface area contributed by atoms with Crippen LogP contribution in [-0.2, 0) is 0 Å². The Bertz CT molecular complexity index is 590. The molecule has 0 radical (unpaired) electrons. The van der Waals surface area contributed by atoms with Gasteiger partial charge in [0.05, 0.1) is 10.7 Å². The predicted molar refractivity (Wildman–Crippen MR) is 82.0 cm³/mol. The summed E-state index contributed by atoms with van der Waals surface area (Å²) in [5.74, 6) is -0.00859. The van der Waals surface area contributed by atoms with Gasteiger partial charge >= 0.3 is 0 Å². The summed E-state index contributed by atoms with van der Waals surface area (Å²) in [6.45, 7) is 4.01. The third kappa shape index (κ3) is 2.92. The van der Waals surface area contributed by atoms with Crippen molar-refractivity contribution in [3.63, 3.8) is 0 Å². The lowest BCUT2D eigenvalue weighted by atomic mass is 10.1. The Morgan fingerprint density at radius 1 is 1.32 bits per heavy atom. The van der Waals surface area contributed by atoms with E-state index in [0.717, 1.165) is 9.37 Å². The molecule has 0 aliphatic heterocycles. The molecule has 0 aliphatic carbocycles. The average molecular weight is 339 g/mol. The van der Waals surface area contributed by atoms with E-state index in [1.165, 1.54) is 0 Å². The number of hydrogen-bond donors (Lipinski definition) is 0. The highest BCUT2D eigenvalue weighted by molar-refractivity contribution is 9.10. The molecular weight excluding hydrogens is 324 g/mol. The number of benzene rings is 1. The Morgan fingerprint density at radius 2 is 1.95 bits per heavy atom. The van der Waals surface area contributed by atoms with E-state index in [2.05, 4.69) is 21.0 Å². The van der Waals surface area contributed by atoms with Gasteiger partial charge in [0.1, 0.15) is 5.69 Å². The fraction of sp³-hybridized carbons (Fsp3) is 0.286. The minimum absolute atomic E-state index is 0.00859. The van der Waals surface area contributed by atoms with Crippen LogP contribution < -0.4 is 0 Å². The average Bonchev–Trinajstić information content (AvgIpc) is 2.80. The van der Waals surface area contributed by atoms with E-state index in [-0.39, 0.29) is 11.8 Å². The highest BCUT2D eigenvalue weighted by Gasteiger charge is 2.20. The molecule has 2 rings (SSSR count). The lowest BCUT2D eigenvalue weighted by molar-refractivity contribution is 0.102. The number of nitrogens with zero attached hydrogens (tertiary/aromatic N) is 2. The van der Waals surface area contributed by atoms with E-state index < -0.39 is 0 Å². The highest BCUT2D eigenvalue weighted by atomic mass is 79.9. The van der Waals surface area contributed by atoms with Gasteiger partial charge in [-0.15, -0.1) is 11.8 Å². The zero-order valence-electron chi connectivity index (χ0n) is 11.1. The van der Waals surface area contributed by atoms with Gasteiger partial charge in [-0.25, -0.2) is 0 Å². The molecule has 0 N–H and O–H groups in total. The maximum absolute atomic E-state index is 12.6. The Balaban J connectivity index is 2.40. The van der Waals surface area contributed by atoms with Crippen molar-refractivity contribution in [1.29, 1.82) is 0 Å². The van der Waals surface area contributed by atoms with Gasteiger partial charge in [-0.3, -0.25) is 9.48 Å². The van der Waals surface area contributed by atoms with Gasteiger partial charge in [0.2, 0.25) is 5.78 Å². The molecule has 0 aliphatic rings. The predicted octanol–water partition coefficient (Wildman–Crippen LogP) is 4.18.